The predicted molar refractivity (Wildman–Crippen MR) is 59.9 cm³/mol. The van der Waals surface area contributed by atoms with Gasteiger partial charge in [0.05, 0.1) is 0 Å². The van der Waals surface area contributed by atoms with Crippen LogP contribution in [0, 0.1) is 13.8 Å². The summed E-state index contributed by atoms with van der Waals surface area (Å²) in [6.45, 7) is 3.22. The fourth-order valence-electron chi connectivity index (χ4n) is 1.40. The van der Waals surface area contributed by atoms with Crippen LogP contribution in [0.4, 0.5) is 19.1 Å². The van der Waals surface area contributed by atoms with E-state index in [1.165, 1.54) is 7.05 Å². The summed E-state index contributed by atoms with van der Waals surface area (Å²) < 4.78 is 42.9. The van der Waals surface area contributed by atoms with E-state index in [4.69, 9.17) is 4.52 Å². The van der Waals surface area contributed by atoms with Gasteiger partial charge in [0.15, 0.2) is 5.69 Å². The number of aryl methyl sites for hydroxylation is 2. The zero-order valence-corrected chi connectivity index (χ0v) is 10.7. The molecule has 0 aliphatic rings. The molecular formula is C10H10F3N5O2. The van der Waals surface area contributed by atoms with Crippen LogP contribution in [0.1, 0.15) is 27.6 Å². The van der Waals surface area contributed by atoms with E-state index in [1.54, 1.807) is 13.8 Å². The van der Waals surface area contributed by atoms with Crippen LogP contribution in [0.3, 0.4) is 0 Å². The fourth-order valence-corrected chi connectivity index (χ4v) is 1.40. The highest BCUT2D eigenvalue weighted by Crippen LogP contribution is 2.27. The minimum Gasteiger partial charge on any atom is -0.361 e. The molecule has 0 bridgehead atoms. The molecule has 0 spiro atoms. The Bertz CT molecular complexity index is 658. The van der Waals surface area contributed by atoms with E-state index in [0.29, 0.717) is 11.3 Å². The second kappa shape index (κ2) is 4.62. The summed E-state index contributed by atoms with van der Waals surface area (Å²) in [7, 11) is 1.23. The minimum absolute atomic E-state index is 0.0148. The highest BCUT2D eigenvalue weighted by atomic mass is 19.4. The molecule has 108 valence electrons. The first-order valence-electron chi connectivity index (χ1n) is 5.42. The molecule has 0 unspecified atom stereocenters. The predicted octanol–water partition coefficient (Wildman–Crippen LogP) is 1.69. The Labute approximate surface area is 110 Å². The monoisotopic (exact) mass is 289 g/mol. The van der Waals surface area contributed by atoms with Gasteiger partial charge in [-0.3, -0.25) is 10.1 Å². The Morgan fingerprint density at radius 1 is 1.35 bits per heavy atom. The van der Waals surface area contributed by atoms with Crippen LogP contribution in [0.25, 0.3) is 0 Å². The van der Waals surface area contributed by atoms with Crippen LogP contribution in [0.5, 0.6) is 0 Å². The van der Waals surface area contributed by atoms with Crippen molar-refractivity contribution >= 4 is 11.9 Å². The number of amides is 1. The first-order chi connectivity index (χ1) is 9.20. The van der Waals surface area contributed by atoms with Crippen molar-refractivity contribution < 1.29 is 22.5 Å². The normalized spacial score (nSPS) is 11.7. The van der Waals surface area contributed by atoms with Crippen molar-refractivity contribution in [3.8, 4) is 0 Å². The lowest BCUT2D eigenvalue weighted by Crippen LogP contribution is -2.16. The lowest BCUT2D eigenvalue weighted by molar-refractivity contribution is -0.144. The molecule has 2 aromatic rings. The molecule has 0 saturated heterocycles. The molecule has 1 amide bonds. The number of carbonyl (C=O) groups excluding carboxylic acids is 1. The van der Waals surface area contributed by atoms with Gasteiger partial charge >= 0.3 is 6.18 Å². The van der Waals surface area contributed by atoms with Gasteiger partial charge in [0.1, 0.15) is 5.76 Å². The van der Waals surface area contributed by atoms with Gasteiger partial charge in [-0.05, 0) is 13.8 Å². The molecule has 2 aromatic heterocycles. The molecule has 0 aliphatic carbocycles. The number of carbonyl (C=O) groups is 1. The maximum absolute atomic E-state index is 12.4. The maximum atomic E-state index is 12.4. The number of hydrogen-bond acceptors (Lipinski definition) is 5. The number of nitrogens with zero attached hydrogens (tertiary/aromatic N) is 4. The van der Waals surface area contributed by atoms with E-state index in [1.807, 2.05) is 0 Å². The van der Waals surface area contributed by atoms with Gasteiger partial charge in [-0.2, -0.15) is 18.2 Å². The van der Waals surface area contributed by atoms with Crippen LogP contribution in [-0.2, 0) is 13.2 Å². The number of nitrogens with one attached hydrogen (secondary N) is 1. The molecule has 0 atom stereocenters. The lowest BCUT2D eigenvalue weighted by atomic mass is 10.2. The number of alkyl halides is 3. The van der Waals surface area contributed by atoms with Crippen molar-refractivity contribution in [3.05, 3.63) is 22.8 Å². The largest absolute Gasteiger partial charge is 0.453 e. The molecular weight excluding hydrogens is 279 g/mol. The minimum atomic E-state index is -4.68. The molecule has 0 radical (unpaired) electrons. The van der Waals surface area contributed by atoms with Crippen molar-refractivity contribution in [2.45, 2.75) is 20.0 Å². The average molecular weight is 289 g/mol. The number of aromatic nitrogens is 4. The zero-order chi connectivity index (χ0) is 15.1. The van der Waals surface area contributed by atoms with Crippen molar-refractivity contribution in [2.24, 2.45) is 7.05 Å². The third-order valence-electron chi connectivity index (χ3n) is 2.61. The molecule has 2 rings (SSSR count). The quantitative estimate of drug-likeness (QED) is 0.909. The molecule has 10 heteroatoms. The molecule has 0 fully saturated rings. The van der Waals surface area contributed by atoms with Gasteiger partial charge in [-0.1, -0.05) is 5.16 Å². The van der Waals surface area contributed by atoms with Crippen molar-refractivity contribution in [3.63, 3.8) is 0 Å². The topological polar surface area (TPSA) is 85.8 Å². The first kappa shape index (κ1) is 14.0. The summed E-state index contributed by atoms with van der Waals surface area (Å²) in [5, 5.41) is 8.91. The van der Waals surface area contributed by atoms with Crippen LogP contribution in [0.2, 0.25) is 0 Å². The standard InChI is InChI=1S/C10H10F3N5O2/c1-4-5(2)20-17-6(4)7(19)14-9-15-8(10(11,12)13)16-18(9)3/h1-3H3,(H,14,15,16,19). The molecule has 1 N–H and O–H groups in total. The molecule has 0 saturated carbocycles. The van der Waals surface area contributed by atoms with Gasteiger partial charge in [-0.15, -0.1) is 5.10 Å². The second-order valence-corrected chi connectivity index (χ2v) is 4.05. The van der Waals surface area contributed by atoms with E-state index >= 15 is 0 Å². The van der Waals surface area contributed by atoms with E-state index in [0.717, 1.165) is 4.68 Å². The van der Waals surface area contributed by atoms with Gasteiger partial charge < -0.3 is 4.52 Å². The number of anilines is 1. The molecule has 7 nitrogen and oxygen atoms in total. The fraction of sp³-hybridized carbons (Fsp3) is 0.400. The van der Waals surface area contributed by atoms with Crippen LogP contribution >= 0.6 is 0 Å². The highest BCUT2D eigenvalue weighted by molar-refractivity contribution is 6.02. The summed E-state index contributed by atoms with van der Waals surface area (Å²) in [6.07, 6.45) is -4.68. The Morgan fingerprint density at radius 2 is 2.00 bits per heavy atom. The molecule has 0 aromatic carbocycles. The number of hydrogen-bond donors (Lipinski definition) is 1. The Morgan fingerprint density at radius 3 is 2.45 bits per heavy atom. The Balaban J connectivity index is 2.25. The number of halogens is 3. The van der Waals surface area contributed by atoms with Crippen LogP contribution in [-0.4, -0.2) is 25.8 Å². The van der Waals surface area contributed by atoms with Crippen LogP contribution in [0.15, 0.2) is 4.52 Å². The highest BCUT2D eigenvalue weighted by Gasteiger charge is 2.37. The van der Waals surface area contributed by atoms with E-state index < -0.39 is 17.9 Å². The zero-order valence-electron chi connectivity index (χ0n) is 10.7. The van der Waals surface area contributed by atoms with E-state index in [-0.39, 0.29) is 11.6 Å². The first-order valence-corrected chi connectivity index (χ1v) is 5.42. The third-order valence-corrected chi connectivity index (χ3v) is 2.61. The number of rotatable bonds is 2. The third kappa shape index (κ3) is 2.49. The Kier molecular flexibility index (Phi) is 3.24. The summed E-state index contributed by atoms with van der Waals surface area (Å²) in [4.78, 5) is 15.1. The molecule has 0 aliphatic heterocycles. The lowest BCUT2D eigenvalue weighted by Gasteiger charge is -2.01. The van der Waals surface area contributed by atoms with Crippen molar-refractivity contribution in [1.82, 2.24) is 19.9 Å². The molecule has 20 heavy (non-hydrogen) atoms. The van der Waals surface area contributed by atoms with Gasteiger partial charge in [0.2, 0.25) is 5.95 Å². The van der Waals surface area contributed by atoms with Crippen molar-refractivity contribution in [2.75, 3.05) is 5.32 Å². The summed E-state index contributed by atoms with van der Waals surface area (Å²) in [6, 6.07) is 0. The van der Waals surface area contributed by atoms with Crippen LogP contribution < -0.4 is 5.32 Å². The summed E-state index contributed by atoms with van der Waals surface area (Å²) in [5.41, 5.74) is 0.486. The summed E-state index contributed by atoms with van der Waals surface area (Å²) >= 11 is 0. The second-order valence-electron chi connectivity index (χ2n) is 4.05. The van der Waals surface area contributed by atoms with E-state index in [2.05, 4.69) is 20.6 Å². The SMILES string of the molecule is Cc1onc(C(=O)Nc2nc(C(F)(F)F)nn2C)c1C. The maximum Gasteiger partial charge on any atom is 0.453 e. The summed E-state index contributed by atoms with van der Waals surface area (Å²) in [5.74, 6) is -1.93. The molecule has 2 heterocycles. The van der Waals surface area contributed by atoms with Crippen molar-refractivity contribution in [1.29, 1.82) is 0 Å². The smallest absolute Gasteiger partial charge is 0.361 e. The van der Waals surface area contributed by atoms with Gasteiger partial charge in [0, 0.05) is 12.6 Å². The average Bonchev–Trinajstić information content (AvgIpc) is 2.85. The van der Waals surface area contributed by atoms with E-state index in [9.17, 15) is 18.0 Å². The van der Waals surface area contributed by atoms with Gasteiger partial charge in [0.25, 0.3) is 11.7 Å². The van der Waals surface area contributed by atoms with Gasteiger partial charge in [-0.25, -0.2) is 4.68 Å². The Hall–Kier alpha value is -2.39.